The molecule has 168 valence electrons. The van der Waals surface area contributed by atoms with E-state index >= 15 is 0 Å². The van der Waals surface area contributed by atoms with Gasteiger partial charge in [0, 0.05) is 23.5 Å². The summed E-state index contributed by atoms with van der Waals surface area (Å²) in [6.07, 6.45) is -2.55. The molecule has 3 aromatic rings. The number of nitrogens with zero attached hydrogens (tertiary/aromatic N) is 3. The molecule has 0 radical (unpaired) electrons. The molecule has 1 aliphatic rings. The van der Waals surface area contributed by atoms with Crippen LogP contribution in [0.25, 0.3) is 0 Å². The van der Waals surface area contributed by atoms with Crippen molar-refractivity contribution in [3.63, 3.8) is 0 Å². The molecule has 1 aliphatic heterocycles. The van der Waals surface area contributed by atoms with Gasteiger partial charge in [0.2, 0.25) is 5.89 Å². The predicted octanol–water partition coefficient (Wildman–Crippen LogP) is 5.54. The Kier molecular flexibility index (Phi) is 6.40. The Morgan fingerprint density at radius 3 is 2.50 bits per heavy atom. The third-order valence-electron chi connectivity index (χ3n) is 5.07. The molecule has 6 nitrogen and oxygen atoms in total. The zero-order chi connectivity index (χ0) is 22.7. The van der Waals surface area contributed by atoms with Crippen molar-refractivity contribution in [2.75, 3.05) is 23.3 Å². The average molecular weight is 462 g/mol. The monoisotopic (exact) mass is 462 g/mol. The molecule has 1 fully saturated rings. The van der Waals surface area contributed by atoms with Gasteiger partial charge >= 0.3 is 6.18 Å². The largest absolute Gasteiger partial charge is 0.416 e. The van der Waals surface area contributed by atoms with Crippen LogP contribution in [0, 0.1) is 6.92 Å². The lowest BCUT2D eigenvalue weighted by molar-refractivity contribution is -0.137. The maximum Gasteiger partial charge on any atom is 0.416 e. The van der Waals surface area contributed by atoms with Crippen molar-refractivity contribution in [1.82, 2.24) is 10.1 Å². The van der Waals surface area contributed by atoms with Crippen LogP contribution in [0.2, 0.25) is 0 Å². The third-order valence-corrected chi connectivity index (χ3v) is 6.06. The first-order valence-corrected chi connectivity index (χ1v) is 11.1. The summed E-state index contributed by atoms with van der Waals surface area (Å²) in [5, 5.41) is 6.41. The fourth-order valence-electron chi connectivity index (χ4n) is 3.49. The number of hydrogen-bond donors (Lipinski definition) is 1. The third kappa shape index (κ3) is 5.24. The van der Waals surface area contributed by atoms with Gasteiger partial charge in [-0.15, -0.1) is 11.8 Å². The van der Waals surface area contributed by atoms with E-state index in [-0.39, 0.29) is 5.69 Å². The minimum absolute atomic E-state index is 0.164. The van der Waals surface area contributed by atoms with Gasteiger partial charge in [-0.2, -0.15) is 18.2 Å². The van der Waals surface area contributed by atoms with Crippen molar-refractivity contribution < 1.29 is 22.5 Å². The molecule has 0 bridgehead atoms. The number of anilines is 2. The Balaban J connectivity index is 1.48. The molecule has 1 saturated heterocycles. The van der Waals surface area contributed by atoms with Crippen LogP contribution in [0.3, 0.4) is 0 Å². The van der Waals surface area contributed by atoms with Crippen LogP contribution in [-0.2, 0) is 11.9 Å². The summed E-state index contributed by atoms with van der Waals surface area (Å²) >= 11 is 1.48. The van der Waals surface area contributed by atoms with Gasteiger partial charge in [-0.1, -0.05) is 5.16 Å². The second-order valence-corrected chi connectivity index (χ2v) is 8.48. The molecule has 0 spiro atoms. The number of nitrogens with one attached hydrogen (secondary N) is 1. The highest BCUT2D eigenvalue weighted by Crippen LogP contribution is 2.36. The number of benzene rings is 2. The van der Waals surface area contributed by atoms with E-state index in [1.54, 1.807) is 31.2 Å². The maximum absolute atomic E-state index is 13.2. The highest BCUT2D eigenvalue weighted by molar-refractivity contribution is 7.98. The average Bonchev–Trinajstić information content (AvgIpc) is 3.44. The topological polar surface area (TPSA) is 71.3 Å². The SMILES string of the molecule is Cc1noc(CSc2ccc(C(=O)Nc3cc(C(F)(F)F)ccc3N3CCCC3)cc2)n1. The van der Waals surface area contributed by atoms with Gasteiger partial charge in [0.1, 0.15) is 0 Å². The number of carbonyl (C=O) groups excluding carboxylic acids is 1. The second kappa shape index (κ2) is 9.23. The highest BCUT2D eigenvalue weighted by atomic mass is 32.2. The van der Waals surface area contributed by atoms with Gasteiger partial charge in [-0.25, -0.2) is 0 Å². The predicted molar refractivity (Wildman–Crippen MR) is 116 cm³/mol. The lowest BCUT2D eigenvalue weighted by Gasteiger charge is -2.23. The Morgan fingerprint density at radius 1 is 1.16 bits per heavy atom. The summed E-state index contributed by atoms with van der Waals surface area (Å²) in [4.78, 5) is 19.8. The number of amides is 1. The van der Waals surface area contributed by atoms with Crippen LogP contribution in [0.5, 0.6) is 0 Å². The molecule has 1 amide bonds. The summed E-state index contributed by atoms with van der Waals surface area (Å²) in [5.41, 5.74) is 0.328. The first-order valence-electron chi connectivity index (χ1n) is 10.1. The Morgan fingerprint density at radius 2 is 1.88 bits per heavy atom. The lowest BCUT2D eigenvalue weighted by atomic mass is 10.1. The Bertz CT molecular complexity index is 1090. The number of alkyl halides is 3. The van der Waals surface area contributed by atoms with Crippen molar-refractivity contribution >= 4 is 29.0 Å². The van der Waals surface area contributed by atoms with Gasteiger partial charge in [-0.3, -0.25) is 4.79 Å². The minimum Gasteiger partial charge on any atom is -0.370 e. The molecule has 0 aliphatic carbocycles. The number of thioether (sulfide) groups is 1. The second-order valence-electron chi connectivity index (χ2n) is 7.43. The van der Waals surface area contributed by atoms with Crippen LogP contribution in [-0.4, -0.2) is 29.1 Å². The van der Waals surface area contributed by atoms with E-state index in [0.29, 0.717) is 28.7 Å². The van der Waals surface area contributed by atoms with Crippen LogP contribution in [0.4, 0.5) is 24.5 Å². The molecule has 0 unspecified atom stereocenters. The van der Waals surface area contributed by atoms with Crippen molar-refractivity contribution in [2.45, 2.75) is 36.6 Å². The number of aromatic nitrogens is 2. The van der Waals surface area contributed by atoms with Crippen LogP contribution in [0.1, 0.15) is 40.5 Å². The molecule has 2 heterocycles. The van der Waals surface area contributed by atoms with Gasteiger partial charge in [0.05, 0.1) is 22.7 Å². The maximum atomic E-state index is 13.2. The van der Waals surface area contributed by atoms with E-state index in [1.807, 2.05) is 4.90 Å². The van der Waals surface area contributed by atoms with Gasteiger partial charge in [-0.05, 0) is 62.2 Å². The summed E-state index contributed by atoms with van der Waals surface area (Å²) in [5.74, 6) is 1.10. The van der Waals surface area contributed by atoms with Crippen LogP contribution >= 0.6 is 11.8 Å². The molecule has 2 aromatic carbocycles. The standard InChI is InChI=1S/C22H21F3N4O2S/c1-14-26-20(31-28-14)13-32-17-7-4-15(5-8-17)21(30)27-18-12-16(22(23,24)25)6-9-19(18)29-10-2-3-11-29/h4-9,12H,2-3,10-11,13H2,1H3,(H,27,30). The number of carbonyl (C=O) groups is 1. The fraction of sp³-hybridized carbons (Fsp3) is 0.318. The summed E-state index contributed by atoms with van der Waals surface area (Å²) in [6.45, 7) is 3.24. The first kappa shape index (κ1) is 22.2. The van der Waals surface area contributed by atoms with Crippen LogP contribution < -0.4 is 10.2 Å². The molecule has 32 heavy (non-hydrogen) atoms. The summed E-state index contributed by atoms with van der Waals surface area (Å²) < 4.78 is 44.8. The summed E-state index contributed by atoms with van der Waals surface area (Å²) in [6, 6.07) is 10.3. The zero-order valence-corrected chi connectivity index (χ0v) is 18.1. The smallest absolute Gasteiger partial charge is 0.370 e. The number of hydrogen-bond acceptors (Lipinski definition) is 6. The van der Waals surface area contributed by atoms with Crippen molar-refractivity contribution in [2.24, 2.45) is 0 Å². The fourth-order valence-corrected chi connectivity index (χ4v) is 4.22. The van der Waals surface area contributed by atoms with E-state index in [1.165, 1.54) is 17.8 Å². The normalized spacial score (nSPS) is 14.1. The van der Waals surface area contributed by atoms with Gasteiger partial charge in [0.15, 0.2) is 5.82 Å². The molecule has 0 saturated carbocycles. The molecule has 1 aromatic heterocycles. The van der Waals surface area contributed by atoms with E-state index in [2.05, 4.69) is 15.5 Å². The van der Waals surface area contributed by atoms with E-state index in [9.17, 15) is 18.0 Å². The number of halogens is 3. The van der Waals surface area contributed by atoms with E-state index in [0.717, 1.165) is 43.0 Å². The number of aryl methyl sites for hydroxylation is 1. The van der Waals surface area contributed by atoms with Gasteiger partial charge in [0.25, 0.3) is 5.91 Å². The summed E-state index contributed by atoms with van der Waals surface area (Å²) in [7, 11) is 0. The first-order chi connectivity index (χ1) is 15.3. The van der Waals surface area contributed by atoms with Crippen molar-refractivity contribution in [3.8, 4) is 0 Å². The highest BCUT2D eigenvalue weighted by Gasteiger charge is 2.32. The van der Waals surface area contributed by atoms with Crippen molar-refractivity contribution in [3.05, 3.63) is 65.3 Å². The zero-order valence-electron chi connectivity index (χ0n) is 17.3. The molecule has 10 heteroatoms. The quantitative estimate of drug-likeness (QED) is 0.485. The molecule has 1 N–H and O–H groups in total. The number of rotatable bonds is 6. The molecular formula is C22H21F3N4O2S. The Hall–Kier alpha value is -3.01. The van der Waals surface area contributed by atoms with Crippen LogP contribution in [0.15, 0.2) is 51.9 Å². The lowest BCUT2D eigenvalue weighted by Crippen LogP contribution is -2.22. The molecular weight excluding hydrogens is 441 g/mol. The van der Waals surface area contributed by atoms with Crippen molar-refractivity contribution in [1.29, 1.82) is 0 Å². The molecule has 0 atom stereocenters. The van der Waals surface area contributed by atoms with E-state index < -0.39 is 17.6 Å². The Labute approximate surface area is 187 Å². The minimum atomic E-state index is -4.49. The van der Waals surface area contributed by atoms with E-state index in [4.69, 9.17) is 4.52 Å². The van der Waals surface area contributed by atoms with Gasteiger partial charge < -0.3 is 14.7 Å². The molecule has 4 rings (SSSR count).